The van der Waals surface area contributed by atoms with Crippen molar-refractivity contribution in [1.29, 1.82) is 0 Å². The molecule has 0 radical (unpaired) electrons. The van der Waals surface area contributed by atoms with Crippen LogP contribution in [0.3, 0.4) is 0 Å². The van der Waals surface area contributed by atoms with Crippen LogP contribution in [0, 0.1) is 5.82 Å². The van der Waals surface area contributed by atoms with Gasteiger partial charge in [0.15, 0.2) is 11.6 Å². The summed E-state index contributed by atoms with van der Waals surface area (Å²) < 4.78 is 25.1. The first-order valence-corrected chi connectivity index (χ1v) is 10.0. The van der Waals surface area contributed by atoms with Crippen LogP contribution >= 0.6 is 0 Å². The van der Waals surface area contributed by atoms with Crippen molar-refractivity contribution in [2.45, 2.75) is 97.5 Å². The molecule has 0 fully saturated rings. The summed E-state index contributed by atoms with van der Waals surface area (Å²) in [4.78, 5) is 0. The van der Waals surface area contributed by atoms with Gasteiger partial charge >= 0.3 is 0 Å². The van der Waals surface area contributed by atoms with E-state index in [9.17, 15) is 4.39 Å². The molecule has 1 rings (SSSR count). The van der Waals surface area contributed by atoms with Gasteiger partial charge in [0, 0.05) is 6.07 Å². The van der Waals surface area contributed by atoms with Crippen molar-refractivity contribution < 1.29 is 13.9 Å². The van der Waals surface area contributed by atoms with E-state index in [1.54, 1.807) is 12.1 Å². The summed E-state index contributed by atoms with van der Waals surface area (Å²) in [5, 5.41) is 0. The fourth-order valence-electron chi connectivity index (χ4n) is 2.76. The lowest BCUT2D eigenvalue weighted by molar-refractivity contribution is 0.123. The molecule has 1 aromatic carbocycles. The molecule has 0 aliphatic carbocycles. The maximum absolute atomic E-state index is 13.8. The normalized spacial score (nSPS) is 11.6. The average Bonchev–Trinajstić information content (AvgIpc) is 2.54. The minimum absolute atomic E-state index is 0.257. The highest BCUT2D eigenvalue weighted by Gasteiger charge is 2.15. The Hall–Kier alpha value is -1.25. The minimum atomic E-state index is -0.421. The van der Waals surface area contributed by atoms with Crippen LogP contribution in [0.25, 0.3) is 0 Å². The zero-order chi connectivity index (χ0) is 18.5. The molecule has 2 nitrogen and oxygen atoms in total. The predicted molar refractivity (Wildman–Crippen MR) is 104 cm³/mol. The summed E-state index contributed by atoms with van der Waals surface area (Å²) in [6, 6.07) is 4.73. The quantitative estimate of drug-likeness (QED) is 0.347. The predicted octanol–water partition coefficient (Wildman–Crippen LogP) is 7.30. The number of hydrogen-bond donors (Lipinski definition) is 0. The van der Waals surface area contributed by atoms with Gasteiger partial charge in [-0.25, -0.2) is 4.39 Å². The van der Waals surface area contributed by atoms with Crippen LogP contribution in [0.4, 0.5) is 4.39 Å². The van der Waals surface area contributed by atoms with Gasteiger partial charge in [-0.15, -0.1) is 0 Å². The van der Waals surface area contributed by atoms with E-state index in [1.165, 1.54) is 63.9 Å². The highest BCUT2D eigenvalue weighted by atomic mass is 19.1. The Morgan fingerprint density at radius 1 is 0.840 bits per heavy atom. The van der Waals surface area contributed by atoms with Crippen molar-refractivity contribution in [3.63, 3.8) is 0 Å². The van der Waals surface area contributed by atoms with Gasteiger partial charge < -0.3 is 9.47 Å². The van der Waals surface area contributed by atoms with Crippen LogP contribution < -0.4 is 9.47 Å². The summed E-state index contributed by atoms with van der Waals surface area (Å²) in [5.41, 5.74) is -0.421. The first-order chi connectivity index (χ1) is 11.9. The fraction of sp³-hybridized carbons (Fsp3) is 0.727. The fourth-order valence-corrected chi connectivity index (χ4v) is 2.76. The van der Waals surface area contributed by atoms with Gasteiger partial charge in [-0.1, -0.05) is 64.7 Å². The molecule has 0 heterocycles. The Morgan fingerprint density at radius 3 is 1.96 bits per heavy atom. The molecule has 1 aromatic rings. The molecule has 25 heavy (non-hydrogen) atoms. The van der Waals surface area contributed by atoms with Gasteiger partial charge in [0.05, 0.1) is 6.61 Å². The largest absolute Gasteiger partial charge is 0.493 e. The molecule has 0 aromatic heterocycles. The topological polar surface area (TPSA) is 18.5 Å². The summed E-state index contributed by atoms with van der Waals surface area (Å²) in [7, 11) is 0. The lowest BCUT2D eigenvalue weighted by Crippen LogP contribution is -2.23. The molecule has 0 atom stereocenters. The Balaban J connectivity index is 2.13. The standard InChI is InChI=1S/C22H37FO2/c1-5-6-7-8-9-10-11-12-13-14-17-24-19-15-16-20(23)21(18-19)25-22(2,3)4/h15-16,18H,5-14,17H2,1-4H3. The molecule has 0 aliphatic heterocycles. The van der Waals surface area contributed by atoms with Gasteiger partial charge in [-0.05, 0) is 39.3 Å². The van der Waals surface area contributed by atoms with E-state index >= 15 is 0 Å². The Kier molecular flexibility index (Phi) is 10.6. The van der Waals surface area contributed by atoms with E-state index in [0.29, 0.717) is 12.4 Å². The first kappa shape index (κ1) is 21.8. The van der Waals surface area contributed by atoms with Crippen LogP contribution in [0.5, 0.6) is 11.5 Å². The molecule has 0 spiro atoms. The number of ether oxygens (including phenoxy) is 2. The van der Waals surface area contributed by atoms with Gasteiger partial charge in [-0.3, -0.25) is 0 Å². The third-order valence-corrected chi connectivity index (χ3v) is 4.09. The second kappa shape index (κ2) is 12.2. The summed E-state index contributed by atoms with van der Waals surface area (Å²) >= 11 is 0. The zero-order valence-electron chi connectivity index (χ0n) is 16.7. The van der Waals surface area contributed by atoms with Gasteiger partial charge in [0.25, 0.3) is 0 Å². The highest BCUT2D eigenvalue weighted by molar-refractivity contribution is 5.34. The van der Waals surface area contributed by atoms with Gasteiger partial charge in [0.1, 0.15) is 11.4 Å². The van der Waals surface area contributed by atoms with E-state index in [4.69, 9.17) is 9.47 Å². The number of rotatable bonds is 13. The number of halogens is 1. The maximum Gasteiger partial charge on any atom is 0.165 e. The second-order valence-electron chi connectivity index (χ2n) is 7.84. The highest BCUT2D eigenvalue weighted by Crippen LogP contribution is 2.27. The smallest absolute Gasteiger partial charge is 0.165 e. The number of unbranched alkanes of at least 4 members (excludes halogenated alkanes) is 9. The van der Waals surface area contributed by atoms with Crippen molar-refractivity contribution in [2.75, 3.05) is 6.61 Å². The third-order valence-electron chi connectivity index (χ3n) is 4.09. The van der Waals surface area contributed by atoms with E-state index in [2.05, 4.69) is 6.92 Å². The average molecular weight is 353 g/mol. The molecule has 0 N–H and O–H groups in total. The van der Waals surface area contributed by atoms with Gasteiger partial charge in [0.2, 0.25) is 0 Å². The van der Waals surface area contributed by atoms with Crippen molar-refractivity contribution in [3.05, 3.63) is 24.0 Å². The van der Waals surface area contributed by atoms with E-state index < -0.39 is 5.60 Å². The van der Waals surface area contributed by atoms with Gasteiger partial charge in [-0.2, -0.15) is 0 Å². The van der Waals surface area contributed by atoms with Crippen molar-refractivity contribution >= 4 is 0 Å². The molecule has 0 bridgehead atoms. The number of hydrogen-bond acceptors (Lipinski definition) is 2. The molecule has 0 saturated heterocycles. The SMILES string of the molecule is CCCCCCCCCCCCOc1ccc(F)c(OC(C)(C)C)c1. The lowest BCUT2D eigenvalue weighted by atomic mass is 10.1. The van der Waals surface area contributed by atoms with Crippen LogP contribution in [-0.2, 0) is 0 Å². The molecular formula is C22H37FO2. The molecule has 0 amide bonds. The van der Waals surface area contributed by atoms with Crippen molar-refractivity contribution in [1.82, 2.24) is 0 Å². The monoisotopic (exact) mass is 352 g/mol. The summed E-state index contributed by atoms with van der Waals surface area (Å²) in [6.45, 7) is 8.65. The van der Waals surface area contributed by atoms with Crippen LogP contribution in [0.15, 0.2) is 18.2 Å². The van der Waals surface area contributed by atoms with E-state index in [-0.39, 0.29) is 11.6 Å². The molecule has 3 heteroatoms. The third kappa shape index (κ3) is 11.1. The van der Waals surface area contributed by atoms with Crippen LogP contribution in [-0.4, -0.2) is 12.2 Å². The van der Waals surface area contributed by atoms with E-state index in [1.807, 2.05) is 20.8 Å². The maximum atomic E-state index is 13.8. The molecule has 0 unspecified atom stereocenters. The number of benzene rings is 1. The Labute approximate surface area is 154 Å². The summed E-state index contributed by atoms with van der Waals surface area (Å²) in [5.74, 6) is 0.589. The van der Waals surface area contributed by atoms with Crippen molar-refractivity contribution in [3.8, 4) is 11.5 Å². The van der Waals surface area contributed by atoms with E-state index in [0.717, 1.165) is 6.42 Å². The lowest BCUT2D eigenvalue weighted by Gasteiger charge is -2.22. The minimum Gasteiger partial charge on any atom is -0.493 e. The van der Waals surface area contributed by atoms with Crippen LogP contribution in [0.1, 0.15) is 91.9 Å². The van der Waals surface area contributed by atoms with Crippen molar-refractivity contribution in [2.24, 2.45) is 0 Å². The molecular weight excluding hydrogens is 315 g/mol. The summed E-state index contributed by atoms with van der Waals surface area (Å²) in [6.07, 6.45) is 13.1. The first-order valence-electron chi connectivity index (χ1n) is 10.0. The zero-order valence-corrected chi connectivity index (χ0v) is 16.7. The molecule has 144 valence electrons. The second-order valence-corrected chi connectivity index (χ2v) is 7.84. The Bertz CT molecular complexity index is 466. The molecule has 0 saturated carbocycles. The molecule has 0 aliphatic rings. The van der Waals surface area contributed by atoms with Crippen LogP contribution in [0.2, 0.25) is 0 Å². The Morgan fingerprint density at radius 2 is 1.40 bits per heavy atom.